The van der Waals surface area contributed by atoms with Crippen LogP contribution in [0.5, 0.6) is 0 Å². The van der Waals surface area contributed by atoms with Gasteiger partial charge >= 0.3 is 12.0 Å². The van der Waals surface area contributed by atoms with E-state index < -0.39 is 24.1 Å². The van der Waals surface area contributed by atoms with E-state index in [-0.39, 0.29) is 0 Å². The molecule has 7 nitrogen and oxygen atoms in total. The van der Waals surface area contributed by atoms with Crippen molar-refractivity contribution in [2.75, 3.05) is 34.2 Å². The second-order valence-corrected chi connectivity index (χ2v) is 4.58. The Hall–Kier alpha value is -1.34. The van der Waals surface area contributed by atoms with Crippen molar-refractivity contribution in [3.8, 4) is 0 Å². The molecule has 0 aliphatic carbocycles. The first kappa shape index (κ1) is 16.7. The molecule has 0 saturated carbocycles. The highest BCUT2D eigenvalue weighted by molar-refractivity contribution is 5.82. The van der Waals surface area contributed by atoms with E-state index in [1.165, 1.54) is 11.8 Å². The molecule has 0 bridgehead atoms. The summed E-state index contributed by atoms with van der Waals surface area (Å²) < 4.78 is 0. The monoisotopic (exact) mass is 261 g/mol. The van der Waals surface area contributed by atoms with Gasteiger partial charge in [-0.25, -0.2) is 9.59 Å². The summed E-state index contributed by atoms with van der Waals surface area (Å²) in [6, 6.07) is -1.78. The van der Waals surface area contributed by atoms with Crippen molar-refractivity contribution in [2.24, 2.45) is 0 Å². The smallest absolute Gasteiger partial charge is 0.328 e. The Morgan fingerprint density at radius 1 is 1.22 bits per heavy atom. The highest BCUT2D eigenvalue weighted by Gasteiger charge is 2.26. The van der Waals surface area contributed by atoms with Crippen LogP contribution < -0.4 is 5.32 Å². The predicted octanol–water partition coefficient (Wildman–Crippen LogP) is -0.586. The van der Waals surface area contributed by atoms with Gasteiger partial charge in [-0.05, 0) is 34.0 Å². The quantitative estimate of drug-likeness (QED) is 0.570. The molecule has 2 unspecified atom stereocenters. The van der Waals surface area contributed by atoms with Gasteiger partial charge in [-0.15, -0.1) is 0 Å². The van der Waals surface area contributed by atoms with E-state index in [0.29, 0.717) is 6.54 Å². The molecule has 0 heterocycles. The molecular weight excluding hydrogens is 238 g/mol. The third-order valence-corrected chi connectivity index (χ3v) is 2.47. The third-order valence-electron chi connectivity index (χ3n) is 2.47. The fraction of sp³-hybridized carbons (Fsp3) is 0.818. The van der Waals surface area contributed by atoms with Crippen LogP contribution in [0.3, 0.4) is 0 Å². The second kappa shape index (κ2) is 7.88. The molecule has 0 aliphatic heterocycles. The number of carbonyl (C=O) groups is 2. The van der Waals surface area contributed by atoms with Gasteiger partial charge in [-0.1, -0.05) is 0 Å². The van der Waals surface area contributed by atoms with Gasteiger partial charge in [0.25, 0.3) is 0 Å². The molecule has 18 heavy (non-hydrogen) atoms. The summed E-state index contributed by atoms with van der Waals surface area (Å²) in [5.41, 5.74) is 0. The number of aliphatic carboxylic acids is 1. The molecule has 0 aromatic heterocycles. The molecule has 0 aliphatic rings. The van der Waals surface area contributed by atoms with Gasteiger partial charge in [0, 0.05) is 13.6 Å². The van der Waals surface area contributed by atoms with Crippen LogP contribution in [0.2, 0.25) is 0 Å². The van der Waals surface area contributed by atoms with E-state index in [1.54, 1.807) is 7.05 Å². The standard InChI is InChI=1S/C11H23N3O4/c1-8(15)9(10(16)17)12-11(18)14(4)7-5-6-13(2)3/h8-9,15H,5-7H2,1-4H3,(H,12,18)(H,16,17). The van der Waals surface area contributed by atoms with Crippen LogP contribution in [0.1, 0.15) is 13.3 Å². The summed E-state index contributed by atoms with van der Waals surface area (Å²) >= 11 is 0. The van der Waals surface area contributed by atoms with Crippen LogP contribution in [0.25, 0.3) is 0 Å². The zero-order valence-corrected chi connectivity index (χ0v) is 11.4. The van der Waals surface area contributed by atoms with Gasteiger partial charge in [0.1, 0.15) is 0 Å². The first-order valence-corrected chi connectivity index (χ1v) is 5.83. The number of aliphatic hydroxyl groups excluding tert-OH is 1. The van der Waals surface area contributed by atoms with Crippen LogP contribution >= 0.6 is 0 Å². The molecule has 0 spiro atoms. The number of carboxylic acids is 1. The molecule has 0 saturated heterocycles. The predicted molar refractivity (Wildman–Crippen MR) is 67.4 cm³/mol. The van der Waals surface area contributed by atoms with E-state index >= 15 is 0 Å². The number of urea groups is 1. The Labute approximate surface area is 107 Å². The molecule has 3 N–H and O–H groups in total. The molecule has 106 valence electrons. The van der Waals surface area contributed by atoms with Crippen LogP contribution in [-0.4, -0.2) is 78.4 Å². The second-order valence-electron chi connectivity index (χ2n) is 4.58. The maximum atomic E-state index is 11.7. The highest BCUT2D eigenvalue weighted by atomic mass is 16.4. The van der Waals surface area contributed by atoms with Crippen molar-refractivity contribution < 1.29 is 19.8 Å². The van der Waals surface area contributed by atoms with Crippen LogP contribution in [-0.2, 0) is 4.79 Å². The van der Waals surface area contributed by atoms with E-state index in [4.69, 9.17) is 5.11 Å². The average molecular weight is 261 g/mol. The van der Waals surface area contributed by atoms with Crippen LogP contribution in [0, 0.1) is 0 Å². The summed E-state index contributed by atoms with van der Waals surface area (Å²) in [4.78, 5) is 25.9. The summed E-state index contributed by atoms with van der Waals surface area (Å²) in [5.74, 6) is -1.25. The van der Waals surface area contributed by atoms with E-state index in [2.05, 4.69) is 5.32 Å². The Morgan fingerprint density at radius 3 is 2.17 bits per heavy atom. The van der Waals surface area contributed by atoms with Crippen LogP contribution in [0.15, 0.2) is 0 Å². The lowest BCUT2D eigenvalue weighted by molar-refractivity contribution is -0.141. The average Bonchev–Trinajstić information content (AvgIpc) is 2.23. The maximum Gasteiger partial charge on any atom is 0.328 e. The number of nitrogens with one attached hydrogen (secondary N) is 1. The van der Waals surface area contributed by atoms with E-state index in [1.807, 2.05) is 19.0 Å². The van der Waals surface area contributed by atoms with E-state index in [9.17, 15) is 14.7 Å². The Bertz CT molecular complexity index is 281. The molecule has 7 heteroatoms. The van der Waals surface area contributed by atoms with Crippen molar-refractivity contribution >= 4 is 12.0 Å². The molecule has 2 atom stereocenters. The fourth-order valence-corrected chi connectivity index (χ4v) is 1.36. The fourth-order valence-electron chi connectivity index (χ4n) is 1.36. The molecule has 0 aromatic rings. The SMILES string of the molecule is CC(O)C(NC(=O)N(C)CCCN(C)C)C(=O)O. The van der Waals surface area contributed by atoms with Crippen molar-refractivity contribution in [3.63, 3.8) is 0 Å². The minimum atomic E-state index is -1.28. The lowest BCUT2D eigenvalue weighted by atomic mass is 10.2. The molecule has 0 aromatic carbocycles. The van der Waals surface area contributed by atoms with Crippen molar-refractivity contribution in [2.45, 2.75) is 25.5 Å². The van der Waals surface area contributed by atoms with Gasteiger partial charge in [0.2, 0.25) is 0 Å². The van der Waals surface area contributed by atoms with E-state index in [0.717, 1.165) is 13.0 Å². The van der Waals surface area contributed by atoms with Gasteiger partial charge in [0.15, 0.2) is 6.04 Å². The Morgan fingerprint density at radius 2 is 1.78 bits per heavy atom. The number of aliphatic hydroxyl groups is 1. The zero-order valence-electron chi connectivity index (χ0n) is 11.4. The minimum Gasteiger partial charge on any atom is -0.480 e. The molecular formula is C11H23N3O4. The van der Waals surface area contributed by atoms with Gasteiger partial charge in [-0.3, -0.25) is 0 Å². The normalized spacial score (nSPS) is 14.1. The summed E-state index contributed by atoms with van der Waals surface area (Å²) in [6.07, 6.45) is -0.342. The van der Waals surface area contributed by atoms with Crippen molar-refractivity contribution in [1.82, 2.24) is 15.1 Å². The lowest BCUT2D eigenvalue weighted by Crippen LogP contribution is -2.51. The lowest BCUT2D eigenvalue weighted by Gasteiger charge is -2.23. The molecule has 2 amide bonds. The number of amides is 2. The Balaban J connectivity index is 4.17. The molecule has 0 rings (SSSR count). The van der Waals surface area contributed by atoms with Crippen molar-refractivity contribution in [3.05, 3.63) is 0 Å². The first-order valence-electron chi connectivity index (χ1n) is 5.83. The minimum absolute atomic E-state index is 0.498. The Kier molecular flexibility index (Phi) is 7.30. The number of hydrogen-bond acceptors (Lipinski definition) is 4. The summed E-state index contributed by atoms with van der Waals surface area (Å²) in [6.45, 7) is 2.69. The third kappa shape index (κ3) is 6.41. The number of hydrogen-bond donors (Lipinski definition) is 3. The maximum absolute atomic E-state index is 11.7. The van der Waals surface area contributed by atoms with Gasteiger partial charge in [0.05, 0.1) is 6.10 Å². The largest absolute Gasteiger partial charge is 0.480 e. The van der Waals surface area contributed by atoms with Crippen molar-refractivity contribution in [1.29, 1.82) is 0 Å². The number of carboxylic acid groups (broad SMARTS) is 1. The number of nitrogens with zero attached hydrogens (tertiary/aromatic N) is 2. The molecule has 0 fully saturated rings. The zero-order chi connectivity index (χ0) is 14.3. The van der Waals surface area contributed by atoms with Gasteiger partial charge < -0.3 is 25.3 Å². The van der Waals surface area contributed by atoms with Gasteiger partial charge in [-0.2, -0.15) is 0 Å². The first-order chi connectivity index (χ1) is 8.25. The topological polar surface area (TPSA) is 93.1 Å². The summed E-state index contributed by atoms with van der Waals surface area (Å²) in [5, 5.41) is 20.3. The highest BCUT2D eigenvalue weighted by Crippen LogP contribution is 1.96. The summed E-state index contributed by atoms with van der Waals surface area (Å²) in [7, 11) is 5.47. The molecule has 0 radical (unpaired) electrons. The number of carbonyl (C=O) groups excluding carboxylic acids is 1. The van der Waals surface area contributed by atoms with Crippen LogP contribution in [0.4, 0.5) is 4.79 Å². The number of rotatable bonds is 7.